The Bertz CT molecular complexity index is 1380. The van der Waals surface area contributed by atoms with Gasteiger partial charge in [-0.3, -0.25) is 0 Å². The first-order chi connectivity index (χ1) is 17.1. The molecule has 0 spiro atoms. The van der Waals surface area contributed by atoms with Crippen LogP contribution in [0.3, 0.4) is 0 Å². The van der Waals surface area contributed by atoms with Crippen molar-refractivity contribution >= 4 is 28.7 Å². The van der Waals surface area contributed by atoms with Crippen LogP contribution in [0, 0.1) is 17.5 Å². The lowest BCUT2D eigenvalue weighted by molar-refractivity contribution is 0.554. The van der Waals surface area contributed by atoms with Crippen LogP contribution in [0.15, 0.2) is 126 Å². The van der Waals surface area contributed by atoms with Crippen LogP contribution in [0.1, 0.15) is 16.9 Å². The summed E-state index contributed by atoms with van der Waals surface area (Å²) in [6.07, 6.45) is 1.60. The molecule has 5 rings (SSSR count). The molecule has 4 aromatic carbocycles. The maximum Gasteiger partial charge on any atom is 0.242 e. The Morgan fingerprint density at radius 1 is 0.514 bits per heavy atom. The van der Waals surface area contributed by atoms with E-state index in [9.17, 15) is 13.2 Å². The van der Waals surface area contributed by atoms with E-state index in [1.165, 1.54) is 36.4 Å². The number of halogens is 3. The maximum atomic E-state index is 14.0. The molecule has 0 N–H and O–H groups in total. The van der Waals surface area contributed by atoms with Crippen LogP contribution in [0.25, 0.3) is 11.0 Å². The van der Waals surface area contributed by atoms with Gasteiger partial charge in [-0.25, -0.2) is 13.2 Å². The largest absolute Gasteiger partial charge is 0.464 e. The molecule has 0 saturated heterocycles. The zero-order valence-electron chi connectivity index (χ0n) is 18.7. The van der Waals surface area contributed by atoms with Crippen molar-refractivity contribution < 1.29 is 17.6 Å². The number of benzene rings is 4. The van der Waals surface area contributed by atoms with Crippen molar-refractivity contribution in [1.82, 2.24) is 0 Å². The van der Waals surface area contributed by atoms with Crippen LogP contribution in [0.4, 0.5) is 13.2 Å². The highest BCUT2D eigenvalue weighted by Gasteiger charge is 2.30. The highest BCUT2D eigenvalue weighted by atomic mass is 19.1. The van der Waals surface area contributed by atoms with E-state index < -0.39 is 6.71 Å². The third-order valence-electron chi connectivity index (χ3n) is 5.95. The van der Waals surface area contributed by atoms with Gasteiger partial charge in [-0.2, -0.15) is 0 Å². The second-order valence-corrected chi connectivity index (χ2v) is 8.18. The van der Waals surface area contributed by atoms with Crippen molar-refractivity contribution in [2.45, 2.75) is 0 Å². The first-order valence-electron chi connectivity index (χ1n) is 11.2. The van der Waals surface area contributed by atoms with Crippen molar-refractivity contribution in [1.29, 1.82) is 0 Å². The summed E-state index contributed by atoms with van der Waals surface area (Å²) in [5.74, 6) is -0.432. The topological polar surface area (TPSA) is 13.1 Å². The zero-order chi connectivity index (χ0) is 24.2. The van der Waals surface area contributed by atoms with E-state index in [1.807, 2.05) is 42.5 Å². The number of hydrogen-bond donors (Lipinski definition) is 0. The van der Waals surface area contributed by atoms with Crippen LogP contribution in [0.2, 0.25) is 0 Å². The molecule has 0 amide bonds. The SMILES string of the molecule is Fc1ccc(B(/C(=C(/c2ccccc2)c2ccco2)c2ccc(F)cc2)c2ccc(F)cc2)cc1. The predicted molar refractivity (Wildman–Crippen MR) is 135 cm³/mol. The van der Waals surface area contributed by atoms with Gasteiger partial charge in [0.15, 0.2) is 0 Å². The summed E-state index contributed by atoms with van der Waals surface area (Å²) < 4.78 is 47.7. The smallest absolute Gasteiger partial charge is 0.242 e. The summed E-state index contributed by atoms with van der Waals surface area (Å²) in [7, 11) is 0. The van der Waals surface area contributed by atoms with Crippen molar-refractivity contribution in [2.75, 3.05) is 0 Å². The molecule has 0 aliphatic heterocycles. The van der Waals surface area contributed by atoms with Gasteiger partial charge in [0.2, 0.25) is 6.71 Å². The molecular weight excluding hydrogens is 444 g/mol. The lowest BCUT2D eigenvalue weighted by Gasteiger charge is -2.23. The molecule has 0 atom stereocenters. The van der Waals surface area contributed by atoms with E-state index in [0.717, 1.165) is 33.1 Å². The van der Waals surface area contributed by atoms with Gasteiger partial charge < -0.3 is 4.42 Å². The minimum atomic E-state index is -0.429. The summed E-state index contributed by atoms with van der Waals surface area (Å²) in [4.78, 5) is 0. The number of furan rings is 1. The first-order valence-corrected chi connectivity index (χ1v) is 11.2. The van der Waals surface area contributed by atoms with Crippen molar-refractivity contribution in [3.63, 3.8) is 0 Å². The number of hydrogen-bond acceptors (Lipinski definition) is 1. The van der Waals surface area contributed by atoms with Gasteiger partial charge in [0, 0.05) is 5.57 Å². The van der Waals surface area contributed by atoms with Crippen LogP contribution in [0.5, 0.6) is 0 Å². The zero-order valence-corrected chi connectivity index (χ0v) is 18.7. The van der Waals surface area contributed by atoms with E-state index in [1.54, 1.807) is 42.7 Å². The summed E-state index contributed by atoms with van der Waals surface area (Å²) in [5.41, 5.74) is 4.90. The molecule has 1 nitrogen and oxygen atoms in total. The minimum Gasteiger partial charge on any atom is -0.464 e. The molecule has 1 heterocycles. The van der Waals surface area contributed by atoms with E-state index >= 15 is 0 Å². The van der Waals surface area contributed by atoms with Crippen LogP contribution in [-0.4, -0.2) is 6.71 Å². The summed E-state index contributed by atoms with van der Waals surface area (Å²) in [5, 5.41) is 0. The lowest BCUT2D eigenvalue weighted by Crippen LogP contribution is -2.44. The Morgan fingerprint density at radius 2 is 1.03 bits per heavy atom. The van der Waals surface area contributed by atoms with Gasteiger partial charge in [0.25, 0.3) is 0 Å². The van der Waals surface area contributed by atoms with Crippen LogP contribution in [-0.2, 0) is 0 Å². The average Bonchev–Trinajstić information content (AvgIpc) is 3.41. The second kappa shape index (κ2) is 9.94. The molecule has 5 heteroatoms. The van der Waals surface area contributed by atoms with E-state index in [-0.39, 0.29) is 17.5 Å². The molecule has 0 fully saturated rings. The predicted octanol–water partition coefficient (Wildman–Crippen LogP) is 6.50. The van der Waals surface area contributed by atoms with Gasteiger partial charge in [-0.05, 0) is 59.7 Å². The summed E-state index contributed by atoms with van der Waals surface area (Å²) in [6.45, 7) is -0.429. The first kappa shape index (κ1) is 22.5. The minimum absolute atomic E-state index is 0.353. The molecule has 0 saturated carbocycles. The molecule has 0 aliphatic rings. The Hall–Kier alpha value is -4.25. The van der Waals surface area contributed by atoms with Crippen molar-refractivity contribution in [2.24, 2.45) is 0 Å². The van der Waals surface area contributed by atoms with Gasteiger partial charge in [0.05, 0.1) is 6.26 Å². The summed E-state index contributed by atoms with van der Waals surface area (Å²) >= 11 is 0. The third kappa shape index (κ3) is 4.85. The van der Waals surface area contributed by atoms with Crippen LogP contribution < -0.4 is 10.9 Å². The van der Waals surface area contributed by atoms with Gasteiger partial charge >= 0.3 is 0 Å². The third-order valence-corrected chi connectivity index (χ3v) is 5.95. The van der Waals surface area contributed by atoms with Gasteiger partial charge in [-0.15, -0.1) is 0 Å². The fraction of sp³-hybridized carbons (Fsp3) is 0. The van der Waals surface area contributed by atoms with Gasteiger partial charge in [-0.1, -0.05) is 83.1 Å². The molecule has 170 valence electrons. The average molecular weight is 464 g/mol. The molecule has 0 unspecified atom stereocenters. The van der Waals surface area contributed by atoms with E-state index in [2.05, 4.69) is 0 Å². The molecule has 35 heavy (non-hydrogen) atoms. The number of rotatable bonds is 6. The summed E-state index contributed by atoms with van der Waals surface area (Å²) in [6, 6.07) is 32.2. The van der Waals surface area contributed by atoms with Crippen LogP contribution >= 0.6 is 0 Å². The van der Waals surface area contributed by atoms with Gasteiger partial charge in [0.1, 0.15) is 23.2 Å². The molecule has 1 aromatic heterocycles. The normalized spacial score (nSPS) is 11.7. The Kier molecular flexibility index (Phi) is 6.40. The fourth-order valence-corrected chi connectivity index (χ4v) is 4.38. The lowest BCUT2D eigenvalue weighted by atomic mass is 9.34. The monoisotopic (exact) mass is 464 g/mol. The molecular formula is C30H20BF3O. The van der Waals surface area contributed by atoms with Crippen molar-refractivity contribution in [3.05, 3.63) is 156 Å². The molecule has 5 aromatic rings. The molecule has 0 bridgehead atoms. The Morgan fingerprint density at radius 3 is 1.51 bits per heavy atom. The molecule has 0 aliphatic carbocycles. The standard InChI is InChI=1S/C30H20BF3O/c32-25-14-8-22(9-15-25)30(29(28-7-4-20-35-28)21-5-2-1-3-6-21)31(23-10-16-26(33)17-11-23)24-12-18-27(34)19-13-24/h1-20H/b30-29-. The highest BCUT2D eigenvalue weighted by molar-refractivity contribution is 7.00. The highest BCUT2D eigenvalue weighted by Crippen LogP contribution is 2.34. The Balaban J connectivity index is 1.89. The quantitative estimate of drug-likeness (QED) is 0.207. The Labute approximate surface area is 202 Å². The van der Waals surface area contributed by atoms with E-state index in [4.69, 9.17) is 4.42 Å². The fourth-order valence-electron chi connectivity index (χ4n) is 4.38. The van der Waals surface area contributed by atoms with Crippen molar-refractivity contribution in [3.8, 4) is 0 Å². The second-order valence-electron chi connectivity index (χ2n) is 8.18. The van der Waals surface area contributed by atoms with E-state index in [0.29, 0.717) is 5.76 Å². The molecule has 0 radical (unpaired) electrons. The maximum absolute atomic E-state index is 14.0.